The largest absolute Gasteiger partial charge is 0.493 e. The lowest BCUT2D eigenvalue weighted by Gasteiger charge is -2.32. The minimum Gasteiger partial charge on any atom is -0.493 e. The second kappa shape index (κ2) is 23.3. The molecular formula is C42H60N5O15+. The van der Waals surface area contributed by atoms with Gasteiger partial charge in [0.25, 0.3) is 5.91 Å². The molecule has 20 nitrogen and oxygen atoms in total. The summed E-state index contributed by atoms with van der Waals surface area (Å²) in [5.41, 5.74) is 0.851. The van der Waals surface area contributed by atoms with Crippen molar-refractivity contribution in [1.82, 2.24) is 15.3 Å². The molecule has 0 saturated carbocycles. The number of aliphatic carboxylic acids is 2. The van der Waals surface area contributed by atoms with Crippen LogP contribution in [-0.2, 0) is 34.3 Å². The van der Waals surface area contributed by atoms with Crippen molar-refractivity contribution in [2.75, 3.05) is 61.7 Å². The maximum Gasteiger partial charge on any atom is 0.486 e. The molecule has 4 unspecified atom stereocenters. The van der Waals surface area contributed by atoms with Crippen LogP contribution in [0.5, 0.6) is 28.7 Å². The summed E-state index contributed by atoms with van der Waals surface area (Å²) in [4.78, 5) is 70.8. The number of hydrogen-bond acceptors (Lipinski definition) is 16. The Morgan fingerprint density at radius 3 is 2.11 bits per heavy atom. The predicted octanol–water partition coefficient (Wildman–Crippen LogP) is 4.12. The number of carboxylic acid groups (broad SMARTS) is 2. The van der Waals surface area contributed by atoms with E-state index in [2.05, 4.69) is 35.1 Å². The molecule has 4 atom stereocenters. The summed E-state index contributed by atoms with van der Waals surface area (Å²) < 4.78 is 28.1. The third-order valence-corrected chi connectivity index (χ3v) is 11.1. The Morgan fingerprint density at radius 1 is 0.952 bits per heavy atom. The number of piperidine rings is 1. The number of aliphatic hydroxyl groups is 1. The van der Waals surface area contributed by atoms with Gasteiger partial charge in [-0.25, -0.2) is 14.6 Å². The molecule has 2 aromatic carbocycles. The Kier molecular flexibility index (Phi) is 19.0. The van der Waals surface area contributed by atoms with Gasteiger partial charge in [0.15, 0.2) is 41.3 Å². The van der Waals surface area contributed by atoms with E-state index in [-0.39, 0.29) is 18.6 Å². The van der Waals surface area contributed by atoms with Gasteiger partial charge in [0.05, 0.1) is 52.8 Å². The van der Waals surface area contributed by atoms with Gasteiger partial charge in [-0.1, -0.05) is 19.4 Å². The smallest absolute Gasteiger partial charge is 0.486 e. The van der Waals surface area contributed by atoms with Gasteiger partial charge in [-0.2, -0.15) is 10.1 Å². The molecule has 20 heteroatoms. The molecule has 4 N–H and O–H groups in total. The zero-order valence-corrected chi connectivity index (χ0v) is 36.6. The Labute approximate surface area is 360 Å². The predicted molar refractivity (Wildman–Crippen MR) is 219 cm³/mol. The van der Waals surface area contributed by atoms with Crippen LogP contribution in [0.15, 0.2) is 30.3 Å². The lowest BCUT2D eigenvalue weighted by atomic mass is 9.74. The van der Waals surface area contributed by atoms with E-state index in [1.165, 1.54) is 7.11 Å². The molecule has 0 bridgehead atoms. The molecule has 0 aliphatic carbocycles. The van der Waals surface area contributed by atoms with Crippen LogP contribution in [0.2, 0.25) is 0 Å². The molecule has 1 amide bonds. The first-order chi connectivity index (χ1) is 29.4. The number of carbonyl (C=O) groups excluding carboxylic acids is 2. The monoisotopic (exact) mass is 874 g/mol. The van der Waals surface area contributed by atoms with Crippen molar-refractivity contribution in [3.63, 3.8) is 0 Å². The normalized spacial score (nSPS) is 16.0. The molecule has 3 rings (SSSR count). The lowest BCUT2D eigenvalue weighted by molar-refractivity contribution is -0.970. The summed E-state index contributed by atoms with van der Waals surface area (Å²) in [6.07, 6.45) is 0.438. The molecular weight excluding hydrogens is 814 g/mol. The van der Waals surface area contributed by atoms with Gasteiger partial charge in [-0.15, -0.1) is 4.84 Å². The third kappa shape index (κ3) is 13.5. The first kappa shape index (κ1) is 50.4. The van der Waals surface area contributed by atoms with E-state index in [4.69, 9.17) is 38.7 Å². The SMILES string of the molecule is CCCC(C#N)(CCCN(C)C(C)c1ccc(OCC(=O)NN2CCC(C(C)O[N+](=O)OC(=O)CC(O)(CC(=O)O)C(=O)O)CC2)c(OC)c1)c1cc(OC)c(OC)c(OC)c1. The number of hydrazine groups is 1. The van der Waals surface area contributed by atoms with Gasteiger partial charge in [-0.3, -0.25) is 19.9 Å². The molecule has 0 aromatic heterocycles. The van der Waals surface area contributed by atoms with Crippen LogP contribution in [-0.4, -0.2) is 128 Å². The molecule has 1 heterocycles. The number of hydrogen-bond donors (Lipinski definition) is 4. The zero-order chi connectivity index (χ0) is 46.2. The first-order valence-corrected chi connectivity index (χ1v) is 20.2. The lowest BCUT2D eigenvalue weighted by Crippen LogP contribution is -2.49. The molecule has 1 fully saturated rings. The van der Waals surface area contributed by atoms with E-state index >= 15 is 0 Å². The van der Waals surface area contributed by atoms with Crippen LogP contribution in [0.25, 0.3) is 0 Å². The number of methoxy groups -OCH3 is 4. The van der Waals surface area contributed by atoms with E-state index in [9.17, 15) is 34.5 Å². The minimum atomic E-state index is -2.97. The highest BCUT2D eigenvalue weighted by Crippen LogP contribution is 2.44. The van der Waals surface area contributed by atoms with Crippen LogP contribution in [0.4, 0.5) is 0 Å². The summed E-state index contributed by atoms with van der Waals surface area (Å²) in [5.74, 6) is -3.43. The number of amides is 1. The third-order valence-electron chi connectivity index (χ3n) is 11.1. The molecule has 62 heavy (non-hydrogen) atoms. The molecule has 1 aliphatic rings. The quantitative estimate of drug-likeness (QED) is 0.0970. The average Bonchev–Trinajstić information content (AvgIpc) is 3.23. The Balaban J connectivity index is 1.50. The maximum atomic E-state index is 12.9. The van der Waals surface area contributed by atoms with Gasteiger partial charge in [0, 0.05) is 25.0 Å². The van der Waals surface area contributed by atoms with Crippen LogP contribution in [0.1, 0.15) is 89.3 Å². The minimum absolute atomic E-state index is 0.0244. The van der Waals surface area contributed by atoms with Crippen LogP contribution < -0.4 is 29.1 Å². The van der Waals surface area contributed by atoms with Gasteiger partial charge >= 0.3 is 23.0 Å². The summed E-state index contributed by atoms with van der Waals surface area (Å²) in [5, 5.41) is 39.7. The number of ether oxygens (including phenoxy) is 5. The number of rotatable bonds is 26. The maximum absolute atomic E-state index is 12.9. The van der Waals surface area contributed by atoms with Crippen molar-refractivity contribution in [2.45, 2.75) is 95.3 Å². The second-order valence-corrected chi connectivity index (χ2v) is 15.3. The second-order valence-electron chi connectivity index (χ2n) is 15.3. The fourth-order valence-corrected chi connectivity index (χ4v) is 7.41. The molecule has 1 aliphatic heterocycles. The summed E-state index contributed by atoms with van der Waals surface area (Å²) >= 11 is 0. The molecule has 1 saturated heterocycles. The standard InChI is InChI=1S/C42H59N5O15/c1-9-15-41(26-43,31-21-34(57-6)39(59-8)35(22-31)58-7)16-10-17-45(4)27(2)30-11-12-32(33(20-30)56-5)60-25-36(48)44-46-18-13-29(14-19-46)28(3)61-47(55)62-38(51)24-42(54,40(52)53)23-37(49)50/h11-12,20-22,27-29,54H,9-10,13-19,23-25H2,1-8H3,(H2-,44,48,49,50,52,53)/p+1. The van der Waals surface area contributed by atoms with E-state index in [1.807, 2.05) is 31.3 Å². The van der Waals surface area contributed by atoms with Crippen LogP contribution in [0, 0.1) is 22.2 Å². The van der Waals surface area contributed by atoms with Crippen LogP contribution >= 0.6 is 0 Å². The number of nitriles is 1. The highest BCUT2D eigenvalue weighted by Gasteiger charge is 2.44. The van der Waals surface area contributed by atoms with Gasteiger partial charge in [0.1, 0.15) is 4.91 Å². The molecule has 0 radical (unpaired) electrons. The van der Waals surface area contributed by atoms with Crippen molar-refractivity contribution in [2.24, 2.45) is 5.92 Å². The average molecular weight is 875 g/mol. The fourth-order valence-electron chi connectivity index (χ4n) is 7.41. The van der Waals surface area contributed by atoms with Crippen LogP contribution in [0.3, 0.4) is 0 Å². The number of nitrogens with zero attached hydrogens (tertiary/aromatic N) is 4. The number of carbonyl (C=O) groups is 4. The van der Waals surface area contributed by atoms with Crippen molar-refractivity contribution in [3.8, 4) is 34.8 Å². The van der Waals surface area contributed by atoms with Crippen molar-refractivity contribution in [1.29, 1.82) is 5.26 Å². The molecule has 0 spiro atoms. The fraction of sp³-hybridized carbons (Fsp3) is 0.595. The van der Waals surface area contributed by atoms with Crippen molar-refractivity contribution in [3.05, 3.63) is 46.4 Å². The van der Waals surface area contributed by atoms with Crippen molar-refractivity contribution >= 4 is 23.8 Å². The van der Waals surface area contributed by atoms with Crippen molar-refractivity contribution < 1.29 is 72.9 Å². The highest BCUT2D eigenvalue weighted by molar-refractivity contribution is 5.88. The number of carboxylic acids is 2. The Bertz CT molecular complexity index is 1890. The highest BCUT2D eigenvalue weighted by atomic mass is 17.0. The summed E-state index contributed by atoms with van der Waals surface area (Å²) in [6.45, 7) is 6.90. The number of benzene rings is 2. The van der Waals surface area contributed by atoms with E-state index in [0.29, 0.717) is 74.1 Å². The van der Waals surface area contributed by atoms with Gasteiger partial charge < -0.3 is 39.0 Å². The van der Waals surface area contributed by atoms with E-state index < -0.39 is 58.9 Å². The number of nitrogens with one attached hydrogen (secondary N) is 1. The topological polar surface area (TPSA) is 256 Å². The first-order valence-electron chi connectivity index (χ1n) is 20.2. The van der Waals surface area contributed by atoms with E-state index in [0.717, 1.165) is 24.0 Å². The molecule has 342 valence electrons. The summed E-state index contributed by atoms with van der Waals surface area (Å²) in [7, 11) is 8.19. The zero-order valence-electron chi connectivity index (χ0n) is 36.6. The molecule has 2 aromatic rings. The van der Waals surface area contributed by atoms with E-state index in [1.54, 1.807) is 39.3 Å². The van der Waals surface area contributed by atoms with Gasteiger partial charge in [-0.05, 0) is 94.9 Å². The Morgan fingerprint density at radius 2 is 1.58 bits per heavy atom. The Hall–Kier alpha value is -5.91. The van der Waals surface area contributed by atoms with Gasteiger partial charge in [0.2, 0.25) is 5.75 Å². The summed E-state index contributed by atoms with van der Waals surface area (Å²) in [6, 6.07) is 11.8.